The molecule has 3 aliphatic rings. The second kappa shape index (κ2) is 10.4. The Bertz CT molecular complexity index is 1010. The molecule has 0 atom stereocenters. The monoisotopic (exact) mass is 489 g/mol. The number of rotatable bonds is 6. The van der Waals surface area contributed by atoms with E-state index in [0.29, 0.717) is 31.1 Å². The lowest BCUT2D eigenvalue weighted by atomic mass is 9.93. The molecule has 4 rings (SSSR count). The van der Waals surface area contributed by atoms with Crippen LogP contribution in [-0.4, -0.2) is 61.2 Å². The van der Waals surface area contributed by atoms with E-state index in [0.717, 1.165) is 44.1 Å². The number of hydrogen-bond acceptors (Lipinski definition) is 4. The van der Waals surface area contributed by atoms with Crippen LogP contribution in [0.4, 0.5) is 5.69 Å². The van der Waals surface area contributed by atoms with Crippen molar-refractivity contribution >= 4 is 27.5 Å². The number of benzene rings is 1. The highest BCUT2D eigenvalue weighted by Crippen LogP contribution is 2.33. The van der Waals surface area contributed by atoms with Crippen molar-refractivity contribution in [2.45, 2.75) is 95.5 Å². The van der Waals surface area contributed by atoms with Crippen molar-refractivity contribution in [2.24, 2.45) is 5.92 Å². The third-order valence-corrected chi connectivity index (χ3v) is 9.63. The number of sulfonamides is 1. The Morgan fingerprint density at radius 1 is 1.06 bits per heavy atom. The van der Waals surface area contributed by atoms with Gasteiger partial charge in [-0.1, -0.05) is 26.2 Å². The molecule has 1 aliphatic carbocycles. The minimum absolute atomic E-state index is 0.0105. The molecule has 0 aromatic heterocycles. The summed E-state index contributed by atoms with van der Waals surface area (Å²) in [6.45, 7) is 7.34. The first-order valence-electron chi connectivity index (χ1n) is 12.9. The van der Waals surface area contributed by atoms with Crippen molar-refractivity contribution < 1.29 is 18.0 Å². The maximum atomic E-state index is 13.4. The zero-order valence-corrected chi connectivity index (χ0v) is 21.6. The fourth-order valence-corrected chi connectivity index (χ4v) is 7.25. The maximum Gasteiger partial charge on any atom is 0.243 e. The SMILES string of the molecule is CC1CCN(S(=O)(=O)c2ccc3c(c2)CCC(=O)N3CC(=O)N(C(C)C)C2CCCCC2)CC1. The van der Waals surface area contributed by atoms with E-state index in [4.69, 9.17) is 0 Å². The molecule has 0 radical (unpaired) electrons. The first-order chi connectivity index (χ1) is 16.2. The van der Waals surface area contributed by atoms with Gasteiger partial charge in [0.15, 0.2) is 0 Å². The lowest BCUT2D eigenvalue weighted by molar-refractivity contribution is -0.136. The summed E-state index contributed by atoms with van der Waals surface area (Å²) in [5, 5.41) is 0. The van der Waals surface area contributed by atoms with E-state index in [1.165, 1.54) is 6.42 Å². The van der Waals surface area contributed by atoms with Crippen molar-refractivity contribution in [3.8, 4) is 0 Å². The molecule has 0 N–H and O–H groups in total. The third-order valence-electron chi connectivity index (χ3n) is 7.74. The van der Waals surface area contributed by atoms with Crippen LogP contribution in [0.5, 0.6) is 0 Å². The first-order valence-corrected chi connectivity index (χ1v) is 14.4. The Labute approximate surface area is 204 Å². The molecule has 2 amide bonds. The Kier molecular flexibility index (Phi) is 7.67. The number of anilines is 1. The quantitative estimate of drug-likeness (QED) is 0.606. The zero-order valence-electron chi connectivity index (χ0n) is 20.8. The molecule has 0 spiro atoms. The van der Waals surface area contributed by atoms with E-state index in [1.807, 2.05) is 18.7 Å². The molecule has 2 fully saturated rings. The maximum absolute atomic E-state index is 13.4. The van der Waals surface area contributed by atoms with Crippen LogP contribution < -0.4 is 4.90 Å². The first kappa shape index (κ1) is 25.2. The average Bonchev–Trinajstić information content (AvgIpc) is 2.81. The van der Waals surface area contributed by atoms with Crippen molar-refractivity contribution in [3.05, 3.63) is 23.8 Å². The molecule has 0 bridgehead atoms. The number of piperidine rings is 1. The minimum atomic E-state index is -3.56. The molecule has 8 heteroatoms. The van der Waals surface area contributed by atoms with Crippen LogP contribution in [0.25, 0.3) is 0 Å². The summed E-state index contributed by atoms with van der Waals surface area (Å²) in [4.78, 5) is 30.1. The number of aryl methyl sites for hydroxylation is 1. The summed E-state index contributed by atoms with van der Waals surface area (Å²) in [6, 6.07) is 5.35. The fourth-order valence-electron chi connectivity index (χ4n) is 5.73. The second-order valence-corrected chi connectivity index (χ2v) is 12.5. The van der Waals surface area contributed by atoms with Gasteiger partial charge >= 0.3 is 0 Å². The predicted octanol–water partition coefficient (Wildman–Crippen LogP) is 3.96. The number of carbonyl (C=O) groups is 2. The van der Waals surface area contributed by atoms with Crippen LogP contribution in [0, 0.1) is 5.92 Å². The summed E-state index contributed by atoms with van der Waals surface area (Å²) < 4.78 is 28.0. The molecule has 1 saturated heterocycles. The predicted molar refractivity (Wildman–Crippen MR) is 133 cm³/mol. The normalized spacial score (nSPS) is 21.1. The smallest absolute Gasteiger partial charge is 0.243 e. The number of nitrogens with zero attached hydrogens (tertiary/aromatic N) is 3. The molecule has 7 nitrogen and oxygen atoms in total. The summed E-state index contributed by atoms with van der Waals surface area (Å²) in [5.41, 5.74) is 1.50. The fraction of sp³-hybridized carbons (Fsp3) is 0.692. The number of hydrogen-bond donors (Lipinski definition) is 0. The average molecular weight is 490 g/mol. The van der Waals surface area contributed by atoms with Gasteiger partial charge in [-0.3, -0.25) is 9.59 Å². The van der Waals surface area contributed by atoms with Gasteiger partial charge in [0.1, 0.15) is 6.54 Å². The molecule has 2 heterocycles. The van der Waals surface area contributed by atoms with Crippen LogP contribution >= 0.6 is 0 Å². The van der Waals surface area contributed by atoms with E-state index >= 15 is 0 Å². The molecular weight excluding hydrogens is 450 g/mol. The Morgan fingerprint density at radius 3 is 2.38 bits per heavy atom. The van der Waals surface area contributed by atoms with Crippen molar-refractivity contribution in [1.29, 1.82) is 0 Å². The largest absolute Gasteiger partial charge is 0.336 e. The second-order valence-electron chi connectivity index (χ2n) is 10.5. The van der Waals surface area contributed by atoms with Gasteiger partial charge in [-0.2, -0.15) is 4.31 Å². The molecule has 34 heavy (non-hydrogen) atoms. The van der Waals surface area contributed by atoms with Gasteiger partial charge < -0.3 is 9.80 Å². The van der Waals surface area contributed by atoms with Gasteiger partial charge in [0.2, 0.25) is 21.8 Å². The van der Waals surface area contributed by atoms with Gasteiger partial charge in [0, 0.05) is 37.3 Å². The summed E-state index contributed by atoms with van der Waals surface area (Å²) in [7, 11) is -3.56. The number of amides is 2. The van der Waals surface area contributed by atoms with Crippen LogP contribution in [0.15, 0.2) is 23.1 Å². The van der Waals surface area contributed by atoms with Crippen molar-refractivity contribution in [1.82, 2.24) is 9.21 Å². The molecule has 1 aromatic rings. The van der Waals surface area contributed by atoms with Gasteiger partial charge in [-0.25, -0.2) is 8.42 Å². The van der Waals surface area contributed by atoms with E-state index in [-0.39, 0.29) is 41.8 Å². The molecule has 188 valence electrons. The lowest BCUT2D eigenvalue weighted by Gasteiger charge is -2.39. The molecule has 1 saturated carbocycles. The van der Waals surface area contributed by atoms with E-state index in [2.05, 4.69) is 6.92 Å². The highest BCUT2D eigenvalue weighted by Gasteiger charge is 2.34. The summed E-state index contributed by atoms with van der Waals surface area (Å²) >= 11 is 0. The van der Waals surface area contributed by atoms with E-state index in [9.17, 15) is 18.0 Å². The number of carbonyl (C=O) groups excluding carboxylic acids is 2. The molecule has 0 unspecified atom stereocenters. The van der Waals surface area contributed by atoms with Gasteiger partial charge in [0.25, 0.3) is 0 Å². The Morgan fingerprint density at radius 2 is 1.74 bits per heavy atom. The zero-order chi connectivity index (χ0) is 24.5. The highest BCUT2D eigenvalue weighted by molar-refractivity contribution is 7.89. The molecule has 1 aromatic carbocycles. The van der Waals surface area contributed by atoms with Gasteiger partial charge in [-0.15, -0.1) is 0 Å². The topological polar surface area (TPSA) is 78.0 Å². The van der Waals surface area contributed by atoms with Crippen LogP contribution in [0.1, 0.15) is 77.7 Å². The molecular formula is C26H39N3O4S. The van der Waals surface area contributed by atoms with E-state index in [1.54, 1.807) is 27.4 Å². The third kappa shape index (κ3) is 5.18. The van der Waals surface area contributed by atoms with Crippen LogP contribution in [0.3, 0.4) is 0 Å². The summed E-state index contributed by atoms with van der Waals surface area (Å²) in [5.74, 6) is 0.446. The standard InChI is InChI=1S/C26H39N3O4S/c1-19(2)29(22-7-5-4-6-8-22)26(31)18-28-24-11-10-23(17-21(24)9-12-25(28)30)34(32,33)27-15-13-20(3)14-16-27/h10-11,17,19-20,22H,4-9,12-16,18H2,1-3H3. The van der Waals surface area contributed by atoms with Crippen molar-refractivity contribution in [2.75, 3.05) is 24.5 Å². The van der Waals surface area contributed by atoms with Gasteiger partial charge in [-0.05, 0) is 75.6 Å². The van der Waals surface area contributed by atoms with E-state index < -0.39 is 10.0 Å². The van der Waals surface area contributed by atoms with Crippen LogP contribution in [0.2, 0.25) is 0 Å². The van der Waals surface area contributed by atoms with Gasteiger partial charge in [0.05, 0.1) is 4.90 Å². The number of fused-ring (bicyclic) bond motifs is 1. The lowest BCUT2D eigenvalue weighted by Crippen LogP contribution is -2.51. The molecule has 2 aliphatic heterocycles. The Hall–Kier alpha value is -1.93. The van der Waals surface area contributed by atoms with Crippen LogP contribution in [-0.2, 0) is 26.0 Å². The summed E-state index contributed by atoms with van der Waals surface area (Å²) in [6.07, 6.45) is 8.07. The van der Waals surface area contributed by atoms with Crippen molar-refractivity contribution in [3.63, 3.8) is 0 Å². The highest BCUT2D eigenvalue weighted by atomic mass is 32.2. The Balaban J connectivity index is 1.55. The minimum Gasteiger partial charge on any atom is -0.336 e.